The molecule has 1 aliphatic heterocycles. The number of nitrogen functional groups attached to an aromatic ring is 1. The van der Waals surface area contributed by atoms with E-state index in [-0.39, 0.29) is 0 Å². The predicted octanol–water partition coefficient (Wildman–Crippen LogP) is 1.65. The molecule has 0 radical (unpaired) electrons. The standard InChI is InChI=1S/C11H16N2/c1-8-6-9(2-3-11(8)12)10-4-5-13-7-10/h2-3,6,10,13H,4-5,7,12H2,1H3/t10-/m1/s1. The number of benzene rings is 1. The molecule has 0 amide bonds. The number of aryl methyl sites for hydroxylation is 1. The highest BCUT2D eigenvalue weighted by atomic mass is 14.9. The van der Waals surface area contributed by atoms with Crippen molar-refractivity contribution in [3.63, 3.8) is 0 Å². The second-order valence-electron chi connectivity index (χ2n) is 3.81. The number of nitrogens with one attached hydrogen (secondary N) is 1. The highest BCUT2D eigenvalue weighted by molar-refractivity contribution is 5.48. The summed E-state index contributed by atoms with van der Waals surface area (Å²) in [6.45, 7) is 4.33. The molecule has 1 fully saturated rings. The number of nitrogens with two attached hydrogens (primary N) is 1. The van der Waals surface area contributed by atoms with Crippen molar-refractivity contribution < 1.29 is 0 Å². The summed E-state index contributed by atoms with van der Waals surface area (Å²) in [6.07, 6.45) is 1.25. The lowest BCUT2D eigenvalue weighted by Crippen LogP contribution is -2.08. The van der Waals surface area contributed by atoms with Gasteiger partial charge in [0, 0.05) is 12.2 Å². The SMILES string of the molecule is Cc1cc([C@@H]2CCNC2)ccc1N. The maximum Gasteiger partial charge on any atom is 0.0343 e. The van der Waals surface area contributed by atoms with Crippen molar-refractivity contribution in [1.82, 2.24) is 5.32 Å². The zero-order valence-corrected chi connectivity index (χ0v) is 8.01. The maximum atomic E-state index is 5.77. The Morgan fingerprint density at radius 3 is 2.92 bits per heavy atom. The van der Waals surface area contributed by atoms with Gasteiger partial charge in [-0.2, -0.15) is 0 Å². The average molecular weight is 176 g/mol. The smallest absolute Gasteiger partial charge is 0.0343 e. The van der Waals surface area contributed by atoms with Gasteiger partial charge in [-0.15, -0.1) is 0 Å². The first-order chi connectivity index (χ1) is 6.27. The second kappa shape index (κ2) is 3.38. The second-order valence-corrected chi connectivity index (χ2v) is 3.81. The van der Waals surface area contributed by atoms with E-state index in [1.165, 1.54) is 17.5 Å². The van der Waals surface area contributed by atoms with E-state index in [2.05, 4.69) is 24.4 Å². The molecule has 0 spiro atoms. The van der Waals surface area contributed by atoms with Crippen LogP contribution in [0.3, 0.4) is 0 Å². The molecular weight excluding hydrogens is 160 g/mol. The minimum absolute atomic E-state index is 0.694. The third-order valence-corrected chi connectivity index (χ3v) is 2.83. The van der Waals surface area contributed by atoms with Crippen LogP contribution in [-0.4, -0.2) is 13.1 Å². The lowest BCUT2D eigenvalue weighted by atomic mass is 9.96. The first-order valence-electron chi connectivity index (χ1n) is 4.84. The summed E-state index contributed by atoms with van der Waals surface area (Å²) in [5.41, 5.74) is 9.30. The molecule has 70 valence electrons. The molecule has 2 nitrogen and oxygen atoms in total. The van der Waals surface area contributed by atoms with Crippen LogP contribution in [0.5, 0.6) is 0 Å². The summed E-state index contributed by atoms with van der Waals surface area (Å²) in [7, 11) is 0. The number of hydrogen-bond donors (Lipinski definition) is 2. The quantitative estimate of drug-likeness (QED) is 0.638. The molecule has 3 N–H and O–H groups in total. The fourth-order valence-corrected chi connectivity index (χ4v) is 1.89. The molecule has 0 bridgehead atoms. The fourth-order valence-electron chi connectivity index (χ4n) is 1.89. The third kappa shape index (κ3) is 1.68. The zero-order chi connectivity index (χ0) is 9.26. The van der Waals surface area contributed by atoms with Crippen molar-refractivity contribution in [3.05, 3.63) is 29.3 Å². The van der Waals surface area contributed by atoms with E-state index in [0.29, 0.717) is 5.92 Å². The Bertz CT molecular complexity index is 301. The topological polar surface area (TPSA) is 38.0 Å². The van der Waals surface area contributed by atoms with Crippen LogP contribution in [0, 0.1) is 6.92 Å². The van der Waals surface area contributed by atoms with Gasteiger partial charge in [0.1, 0.15) is 0 Å². The van der Waals surface area contributed by atoms with Gasteiger partial charge in [0.05, 0.1) is 0 Å². The van der Waals surface area contributed by atoms with E-state index < -0.39 is 0 Å². The van der Waals surface area contributed by atoms with Crippen LogP contribution in [0.1, 0.15) is 23.5 Å². The Morgan fingerprint density at radius 1 is 1.46 bits per heavy atom. The normalized spacial score (nSPS) is 22.1. The summed E-state index contributed by atoms with van der Waals surface area (Å²) in [4.78, 5) is 0. The van der Waals surface area contributed by atoms with E-state index in [1.54, 1.807) is 0 Å². The van der Waals surface area contributed by atoms with Crippen LogP contribution < -0.4 is 11.1 Å². The van der Waals surface area contributed by atoms with Gasteiger partial charge >= 0.3 is 0 Å². The van der Waals surface area contributed by atoms with Gasteiger partial charge in [-0.3, -0.25) is 0 Å². The van der Waals surface area contributed by atoms with Crippen molar-refractivity contribution in [2.45, 2.75) is 19.3 Å². The van der Waals surface area contributed by atoms with Crippen LogP contribution in [0.25, 0.3) is 0 Å². The molecule has 13 heavy (non-hydrogen) atoms. The zero-order valence-electron chi connectivity index (χ0n) is 8.01. The van der Waals surface area contributed by atoms with E-state index in [4.69, 9.17) is 5.73 Å². The van der Waals surface area contributed by atoms with Gasteiger partial charge in [-0.05, 0) is 43.0 Å². The molecule has 2 rings (SSSR count). The molecule has 1 heterocycles. The molecule has 1 aromatic carbocycles. The van der Waals surface area contributed by atoms with Crippen molar-refractivity contribution >= 4 is 5.69 Å². The predicted molar refractivity (Wildman–Crippen MR) is 55.8 cm³/mol. The minimum atomic E-state index is 0.694. The van der Waals surface area contributed by atoms with Gasteiger partial charge in [-0.25, -0.2) is 0 Å². The Kier molecular flexibility index (Phi) is 2.23. The molecule has 1 aliphatic rings. The average Bonchev–Trinajstić information content (AvgIpc) is 2.62. The van der Waals surface area contributed by atoms with E-state index in [0.717, 1.165) is 18.8 Å². The van der Waals surface area contributed by atoms with Gasteiger partial charge in [0.15, 0.2) is 0 Å². The number of hydrogen-bond acceptors (Lipinski definition) is 2. The molecule has 1 aromatic rings. The lowest BCUT2D eigenvalue weighted by Gasteiger charge is -2.10. The van der Waals surface area contributed by atoms with Crippen molar-refractivity contribution in [3.8, 4) is 0 Å². The molecule has 0 unspecified atom stereocenters. The molecular formula is C11H16N2. The number of anilines is 1. The van der Waals surface area contributed by atoms with E-state index in [9.17, 15) is 0 Å². The Balaban J connectivity index is 2.25. The highest BCUT2D eigenvalue weighted by Gasteiger charge is 2.16. The summed E-state index contributed by atoms with van der Waals surface area (Å²) < 4.78 is 0. The Morgan fingerprint density at radius 2 is 2.31 bits per heavy atom. The van der Waals surface area contributed by atoms with Crippen LogP contribution in [0.2, 0.25) is 0 Å². The van der Waals surface area contributed by atoms with Crippen LogP contribution in [0.4, 0.5) is 5.69 Å². The van der Waals surface area contributed by atoms with Crippen LogP contribution >= 0.6 is 0 Å². The summed E-state index contributed by atoms with van der Waals surface area (Å²) in [5.74, 6) is 0.694. The first kappa shape index (κ1) is 8.57. The van der Waals surface area contributed by atoms with Gasteiger partial charge in [-0.1, -0.05) is 12.1 Å². The van der Waals surface area contributed by atoms with Crippen molar-refractivity contribution in [1.29, 1.82) is 0 Å². The first-order valence-corrected chi connectivity index (χ1v) is 4.84. The van der Waals surface area contributed by atoms with Gasteiger partial charge < -0.3 is 11.1 Å². The molecule has 0 aromatic heterocycles. The summed E-state index contributed by atoms with van der Waals surface area (Å²) in [5, 5.41) is 3.37. The summed E-state index contributed by atoms with van der Waals surface area (Å²) in [6, 6.07) is 6.38. The fraction of sp³-hybridized carbons (Fsp3) is 0.455. The molecule has 1 saturated heterocycles. The monoisotopic (exact) mass is 176 g/mol. The van der Waals surface area contributed by atoms with E-state index >= 15 is 0 Å². The Hall–Kier alpha value is -1.02. The molecule has 0 aliphatic carbocycles. The van der Waals surface area contributed by atoms with Gasteiger partial charge in [0.2, 0.25) is 0 Å². The van der Waals surface area contributed by atoms with Crippen molar-refractivity contribution in [2.75, 3.05) is 18.8 Å². The largest absolute Gasteiger partial charge is 0.399 e. The Labute approximate surface area is 79.1 Å². The van der Waals surface area contributed by atoms with Crippen molar-refractivity contribution in [2.24, 2.45) is 0 Å². The molecule has 2 heteroatoms. The lowest BCUT2D eigenvalue weighted by molar-refractivity contribution is 0.763. The van der Waals surface area contributed by atoms with Crippen LogP contribution in [0.15, 0.2) is 18.2 Å². The highest BCUT2D eigenvalue weighted by Crippen LogP contribution is 2.24. The van der Waals surface area contributed by atoms with E-state index in [1.807, 2.05) is 6.07 Å². The molecule has 0 saturated carbocycles. The minimum Gasteiger partial charge on any atom is -0.399 e. The van der Waals surface area contributed by atoms with Gasteiger partial charge in [0.25, 0.3) is 0 Å². The molecule has 1 atom stereocenters. The number of rotatable bonds is 1. The van der Waals surface area contributed by atoms with Crippen LogP contribution in [-0.2, 0) is 0 Å². The maximum absolute atomic E-state index is 5.77. The summed E-state index contributed by atoms with van der Waals surface area (Å²) >= 11 is 0. The third-order valence-electron chi connectivity index (χ3n) is 2.83.